The lowest BCUT2D eigenvalue weighted by Crippen LogP contribution is -2.19. The number of nitrogens with one attached hydrogen (secondary N) is 3. The van der Waals surface area contributed by atoms with Crippen LogP contribution in [0.4, 0.5) is 17.2 Å². The lowest BCUT2D eigenvalue weighted by molar-refractivity contribution is 0.400. The zero-order valence-corrected chi connectivity index (χ0v) is 15.8. The van der Waals surface area contributed by atoms with Crippen LogP contribution in [-0.2, 0) is 10.0 Å². The van der Waals surface area contributed by atoms with Crippen molar-refractivity contribution in [2.75, 3.05) is 15.4 Å². The molecule has 10 heteroatoms. The number of hydrogen-bond donors (Lipinski definition) is 4. The van der Waals surface area contributed by atoms with Crippen LogP contribution in [0.25, 0.3) is 0 Å². The summed E-state index contributed by atoms with van der Waals surface area (Å²) in [5, 5.41) is 19.1. The number of aromatic hydroxyl groups is 1. The fourth-order valence-electron chi connectivity index (χ4n) is 2.17. The lowest BCUT2D eigenvalue weighted by Gasteiger charge is -2.11. The van der Waals surface area contributed by atoms with Crippen molar-refractivity contribution >= 4 is 44.5 Å². The maximum Gasteiger partial charge on any atom is 0.263 e. The topological polar surface area (TPSA) is 116 Å². The molecule has 8 nitrogen and oxygen atoms in total. The molecular formula is C17H16N4O4S2. The molecule has 0 amide bonds. The Morgan fingerprint density at radius 3 is 2.11 bits per heavy atom. The molecule has 140 valence electrons. The van der Waals surface area contributed by atoms with Gasteiger partial charge in [-0.15, -0.1) is 0 Å². The highest BCUT2D eigenvalue weighted by atomic mass is 32.2. The number of nitrogens with zero attached hydrogens (tertiary/aromatic N) is 1. The van der Waals surface area contributed by atoms with Gasteiger partial charge in [0.05, 0.1) is 4.90 Å². The largest absolute Gasteiger partial charge is 0.508 e. The Labute approximate surface area is 161 Å². The molecule has 0 saturated carbocycles. The van der Waals surface area contributed by atoms with E-state index >= 15 is 0 Å². The molecule has 0 aliphatic heterocycles. The first-order chi connectivity index (χ1) is 12.8. The lowest BCUT2D eigenvalue weighted by atomic mass is 10.3. The minimum absolute atomic E-state index is 0.0751. The number of aryl methyl sites for hydroxylation is 1. The van der Waals surface area contributed by atoms with Gasteiger partial charge in [0.1, 0.15) is 11.5 Å². The first-order valence-electron chi connectivity index (χ1n) is 7.75. The number of benzene rings is 2. The Morgan fingerprint density at radius 2 is 1.59 bits per heavy atom. The number of anilines is 3. The predicted octanol–water partition coefficient (Wildman–Crippen LogP) is 3.30. The first kappa shape index (κ1) is 18.7. The van der Waals surface area contributed by atoms with E-state index in [1.54, 1.807) is 31.2 Å². The highest BCUT2D eigenvalue weighted by Gasteiger charge is 2.16. The highest BCUT2D eigenvalue weighted by molar-refractivity contribution is 7.92. The number of phenolic OH excluding ortho intramolecular Hbond substituents is 1. The van der Waals surface area contributed by atoms with Crippen LogP contribution in [-0.4, -0.2) is 23.8 Å². The van der Waals surface area contributed by atoms with Crippen molar-refractivity contribution in [3.8, 4) is 5.75 Å². The molecule has 3 rings (SSSR count). The van der Waals surface area contributed by atoms with Gasteiger partial charge in [0, 0.05) is 17.4 Å². The zero-order chi connectivity index (χ0) is 19.4. The number of rotatable bonds is 5. The second-order valence-electron chi connectivity index (χ2n) is 5.58. The van der Waals surface area contributed by atoms with E-state index in [9.17, 15) is 13.5 Å². The summed E-state index contributed by atoms with van der Waals surface area (Å²) in [6.07, 6.45) is 0. The third-order valence-corrected chi connectivity index (χ3v) is 4.99. The summed E-state index contributed by atoms with van der Waals surface area (Å²) in [4.78, 5) is 0.0751. The van der Waals surface area contributed by atoms with Gasteiger partial charge in [-0.05, 0) is 67.7 Å². The fourth-order valence-corrected chi connectivity index (χ4v) is 3.39. The second-order valence-corrected chi connectivity index (χ2v) is 7.67. The average molecular weight is 404 g/mol. The highest BCUT2D eigenvalue weighted by Crippen LogP contribution is 2.19. The molecule has 0 saturated heterocycles. The molecule has 4 N–H and O–H groups in total. The van der Waals surface area contributed by atoms with Crippen molar-refractivity contribution in [2.45, 2.75) is 11.8 Å². The molecule has 0 aliphatic rings. The normalized spacial score (nSPS) is 11.0. The molecular weight excluding hydrogens is 388 g/mol. The maximum absolute atomic E-state index is 12.3. The van der Waals surface area contributed by atoms with Gasteiger partial charge in [-0.2, -0.15) is 0 Å². The third-order valence-electron chi connectivity index (χ3n) is 3.41. The molecule has 2 aromatic carbocycles. The van der Waals surface area contributed by atoms with Gasteiger partial charge in [-0.25, -0.2) is 8.42 Å². The van der Waals surface area contributed by atoms with Crippen LogP contribution in [0.15, 0.2) is 64.0 Å². The summed E-state index contributed by atoms with van der Waals surface area (Å²) >= 11 is 5.21. The van der Waals surface area contributed by atoms with Crippen molar-refractivity contribution in [1.82, 2.24) is 5.16 Å². The van der Waals surface area contributed by atoms with Gasteiger partial charge in [0.2, 0.25) is 0 Å². The smallest absolute Gasteiger partial charge is 0.263 e. The number of aromatic nitrogens is 1. The number of phenols is 1. The summed E-state index contributed by atoms with van der Waals surface area (Å²) in [5.74, 6) is 0.779. The van der Waals surface area contributed by atoms with E-state index in [0.29, 0.717) is 22.2 Å². The van der Waals surface area contributed by atoms with Gasteiger partial charge in [0.15, 0.2) is 10.9 Å². The van der Waals surface area contributed by atoms with E-state index in [-0.39, 0.29) is 16.5 Å². The Bertz CT molecular complexity index is 1050. The average Bonchev–Trinajstić information content (AvgIpc) is 3.01. The zero-order valence-electron chi connectivity index (χ0n) is 14.1. The molecule has 0 bridgehead atoms. The van der Waals surface area contributed by atoms with E-state index in [4.69, 9.17) is 16.7 Å². The molecule has 3 aromatic rings. The Hall–Kier alpha value is -3.11. The monoisotopic (exact) mass is 404 g/mol. The van der Waals surface area contributed by atoms with E-state index in [1.807, 2.05) is 0 Å². The van der Waals surface area contributed by atoms with Crippen molar-refractivity contribution in [3.63, 3.8) is 0 Å². The second kappa shape index (κ2) is 7.64. The molecule has 1 heterocycles. The molecule has 0 spiro atoms. The standard InChI is InChI=1S/C17H16N4O4S2/c1-11-10-16(20-25-11)21-27(23,24)15-8-4-13(5-9-15)19-17(26)18-12-2-6-14(22)7-3-12/h2-10,22H,1H3,(H,20,21)(H2,18,19,26). The predicted molar refractivity (Wildman–Crippen MR) is 106 cm³/mol. The molecule has 1 aromatic heterocycles. The van der Waals surface area contributed by atoms with E-state index in [1.165, 1.54) is 30.3 Å². The van der Waals surface area contributed by atoms with Crippen LogP contribution in [0.1, 0.15) is 5.76 Å². The summed E-state index contributed by atoms with van der Waals surface area (Å²) in [7, 11) is -3.77. The molecule has 27 heavy (non-hydrogen) atoms. The Morgan fingerprint density at radius 1 is 1.04 bits per heavy atom. The summed E-state index contributed by atoms with van der Waals surface area (Å²) in [6.45, 7) is 1.67. The molecule has 0 atom stereocenters. The van der Waals surface area contributed by atoms with Gasteiger partial charge >= 0.3 is 0 Å². The van der Waals surface area contributed by atoms with Crippen molar-refractivity contribution in [2.24, 2.45) is 0 Å². The van der Waals surface area contributed by atoms with Crippen LogP contribution in [0.3, 0.4) is 0 Å². The van der Waals surface area contributed by atoms with Crippen LogP contribution in [0.2, 0.25) is 0 Å². The number of sulfonamides is 1. The first-order valence-corrected chi connectivity index (χ1v) is 9.64. The number of thiocarbonyl (C=S) groups is 1. The molecule has 0 aliphatic carbocycles. The quantitative estimate of drug-likeness (QED) is 0.378. The van der Waals surface area contributed by atoms with Gasteiger partial charge in [-0.3, -0.25) is 4.72 Å². The van der Waals surface area contributed by atoms with E-state index in [2.05, 4.69) is 20.5 Å². The minimum Gasteiger partial charge on any atom is -0.508 e. The van der Waals surface area contributed by atoms with Crippen LogP contribution in [0, 0.1) is 6.92 Å². The van der Waals surface area contributed by atoms with Crippen LogP contribution >= 0.6 is 12.2 Å². The van der Waals surface area contributed by atoms with Crippen LogP contribution in [0.5, 0.6) is 5.75 Å². The molecule has 0 radical (unpaired) electrons. The maximum atomic E-state index is 12.3. The van der Waals surface area contributed by atoms with Crippen molar-refractivity contribution in [3.05, 3.63) is 60.4 Å². The third kappa shape index (κ3) is 4.96. The Kier molecular flexibility index (Phi) is 5.28. The van der Waals surface area contributed by atoms with E-state index < -0.39 is 10.0 Å². The van der Waals surface area contributed by atoms with Gasteiger partial charge < -0.3 is 20.3 Å². The summed E-state index contributed by atoms with van der Waals surface area (Å²) in [6, 6.07) is 14.0. The van der Waals surface area contributed by atoms with Gasteiger partial charge in [0.25, 0.3) is 10.0 Å². The van der Waals surface area contributed by atoms with Crippen molar-refractivity contribution < 1.29 is 18.0 Å². The minimum atomic E-state index is -3.77. The summed E-state index contributed by atoms with van der Waals surface area (Å²) < 4.78 is 31.9. The summed E-state index contributed by atoms with van der Waals surface area (Å²) in [5.41, 5.74) is 1.32. The molecule has 0 unspecified atom stereocenters. The Balaban J connectivity index is 1.64. The van der Waals surface area contributed by atoms with Crippen molar-refractivity contribution in [1.29, 1.82) is 0 Å². The number of hydrogen-bond acceptors (Lipinski definition) is 6. The fraction of sp³-hybridized carbons (Fsp3) is 0.0588. The SMILES string of the molecule is Cc1cc(NS(=O)(=O)c2ccc(NC(=S)Nc3ccc(O)cc3)cc2)no1. The van der Waals surface area contributed by atoms with E-state index in [0.717, 1.165) is 0 Å². The van der Waals surface area contributed by atoms with Crippen LogP contribution < -0.4 is 15.4 Å². The molecule has 0 fully saturated rings. The van der Waals surface area contributed by atoms with Gasteiger partial charge in [-0.1, -0.05) is 5.16 Å².